The van der Waals surface area contributed by atoms with Gasteiger partial charge in [-0.15, -0.1) is 0 Å². The van der Waals surface area contributed by atoms with Crippen LogP contribution in [0.15, 0.2) is 17.0 Å². The summed E-state index contributed by atoms with van der Waals surface area (Å²) in [6.07, 6.45) is 0. The van der Waals surface area contributed by atoms with Crippen molar-refractivity contribution < 1.29 is 23.1 Å². The van der Waals surface area contributed by atoms with E-state index in [1.165, 1.54) is 0 Å². The molecule has 1 nitrogen and oxygen atoms in total. The number of phenolic OH excluding ortho intramolecular Hbond substituents is 1. The normalized spacial score (nSPS) is 12.9. The van der Waals surface area contributed by atoms with E-state index in [1.807, 2.05) is 0 Å². The van der Waals surface area contributed by atoms with Crippen LogP contribution >= 0.6 is 9.58 Å². The molecule has 0 aliphatic heterocycles. The zero-order chi connectivity index (χ0) is 13.4. The molecule has 0 radical (unpaired) electrons. The standard InChI is InChI=1S/C14H22OS.Pd/c1-13(2,3)10-7-9(16)8-11(12(10)15)14(4,5)6;/h7-8,15-16H,1-6H3;/q;+1/p-1. The van der Waals surface area contributed by atoms with E-state index in [9.17, 15) is 5.11 Å². The van der Waals surface area contributed by atoms with Gasteiger partial charge in [0.1, 0.15) is 0 Å². The minimum absolute atomic E-state index is 0.0486. The van der Waals surface area contributed by atoms with Crippen LogP contribution in [0.4, 0.5) is 0 Å². The molecule has 1 rings (SSSR count). The van der Waals surface area contributed by atoms with Gasteiger partial charge >= 0.3 is 119 Å². The first-order valence-electron chi connectivity index (χ1n) is 5.71. The summed E-state index contributed by atoms with van der Waals surface area (Å²) in [5.41, 5.74) is 1.93. The van der Waals surface area contributed by atoms with Crippen molar-refractivity contribution in [3.8, 4) is 5.75 Å². The molecule has 1 aromatic rings. The number of benzene rings is 1. The molecule has 0 aromatic heterocycles. The van der Waals surface area contributed by atoms with Crippen molar-refractivity contribution in [1.29, 1.82) is 0 Å². The second kappa shape index (κ2) is 4.96. The van der Waals surface area contributed by atoms with Crippen LogP contribution in [0.5, 0.6) is 5.75 Å². The van der Waals surface area contributed by atoms with Crippen molar-refractivity contribution in [2.24, 2.45) is 0 Å². The van der Waals surface area contributed by atoms with Gasteiger partial charge in [-0.1, -0.05) is 0 Å². The molecular weight excluding hydrogens is 323 g/mol. The zero-order valence-corrected chi connectivity index (χ0v) is 13.7. The molecule has 0 heterocycles. The molecule has 99 valence electrons. The average Bonchev–Trinajstić information content (AvgIpc) is 2.14. The molecule has 0 fully saturated rings. The second-order valence-corrected chi connectivity index (χ2v) is 7.98. The molecule has 0 saturated heterocycles. The maximum atomic E-state index is 10.5. The van der Waals surface area contributed by atoms with E-state index in [1.54, 1.807) is 9.58 Å². The van der Waals surface area contributed by atoms with Crippen molar-refractivity contribution in [1.82, 2.24) is 0 Å². The predicted octanol–water partition coefficient (Wildman–Crippen LogP) is 4.54. The second-order valence-electron chi connectivity index (χ2n) is 6.43. The molecule has 0 aliphatic carbocycles. The number of aromatic hydroxyl groups is 1. The van der Waals surface area contributed by atoms with E-state index in [2.05, 4.69) is 71.6 Å². The van der Waals surface area contributed by atoms with Crippen molar-refractivity contribution in [3.63, 3.8) is 0 Å². The number of hydrogen-bond acceptors (Lipinski definition) is 2. The fraction of sp³-hybridized carbons (Fsp3) is 0.571. The van der Waals surface area contributed by atoms with E-state index in [0.717, 1.165) is 16.0 Å². The average molecular weight is 344 g/mol. The molecule has 17 heavy (non-hydrogen) atoms. The van der Waals surface area contributed by atoms with Crippen LogP contribution in [0.1, 0.15) is 52.7 Å². The molecule has 0 saturated carbocycles. The molecule has 0 aliphatic rings. The Balaban J connectivity index is 3.53. The first kappa shape index (κ1) is 15.1. The minimum atomic E-state index is -0.0486. The molecule has 1 aromatic carbocycles. The van der Waals surface area contributed by atoms with Gasteiger partial charge in [0, 0.05) is 0 Å². The third kappa shape index (κ3) is 3.50. The molecule has 3 heteroatoms. The summed E-state index contributed by atoms with van der Waals surface area (Å²) in [6.45, 7) is 12.8. The summed E-state index contributed by atoms with van der Waals surface area (Å²) in [7, 11) is 1.58. The van der Waals surface area contributed by atoms with E-state index >= 15 is 0 Å². The van der Waals surface area contributed by atoms with E-state index in [-0.39, 0.29) is 10.8 Å². The van der Waals surface area contributed by atoms with Gasteiger partial charge in [0.2, 0.25) is 0 Å². The SMILES string of the molecule is CC(C)(C)c1cc([S][Pd])cc(C(C)(C)C)c1O. The zero-order valence-electron chi connectivity index (χ0n) is 11.3. The third-order valence-electron chi connectivity index (χ3n) is 2.77. The van der Waals surface area contributed by atoms with Crippen LogP contribution in [0.25, 0.3) is 0 Å². The Morgan fingerprint density at radius 3 is 1.53 bits per heavy atom. The summed E-state index contributed by atoms with van der Waals surface area (Å²) >= 11 is 3.15. The van der Waals surface area contributed by atoms with Gasteiger partial charge in [-0.2, -0.15) is 0 Å². The van der Waals surface area contributed by atoms with Crippen LogP contribution in [0.3, 0.4) is 0 Å². The molecule has 0 unspecified atom stereocenters. The Kier molecular flexibility index (Phi) is 4.40. The van der Waals surface area contributed by atoms with Gasteiger partial charge < -0.3 is 0 Å². The van der Waals surface area contributed by atoms with E-state index in [0.29, 0.717) is 5.75 Å². The van der Waals surface area contributed by atoms with Crippen LogP contribution in [-0.4, -0.2) is 5.11 Å². The van der Waals surface area contributed by atoms with Crippen LogP contribution in [-0.2, 0) is 28.8 Å². The summed E-state index contributed by atoms with van der Waals surface area (Å²) in [5.74, 6) is 0.444. The Morgan fingerprint density at radius 2 is 1.29 bits per heavy atom. The Hall–Kier alpha value is 0.0323. The van der Waals surface area contributed by atoms with Crippen molar-refractivity contribution in [3.05, 3.63) is 23.3 Å². The molecule has 0 atom stereocenters. The van der Waals surface area contributed by atoms with Crippen molar-refractivity contribution >= 4 is 9.58 Å². The molecule has 0 amide bonds. The van der Waals surface area contributed by atoms with Gasteiger partial charge in [-0.25, -0.2) is 0 Å². The van der Waals surface area contributed by atoms with Crippen molar-refractivity contribution in [2.45, 2.75) is 57.3 Å². The van der Waals surface area contributed by atoms with E-state index < -0.39 is 0 Å². The van der Waals surface area contributed by atoms with Gasteiger partial charge in [0.25, 0.3) is 0 Å². The maximum absolute atomic E-state index is 10.5. The number of hydrogen-bond donors (Lipinski definition) is 1. The topological polar surface area (TPSA) is 20.2 Å². The third-order valence-corrected chi connectivity index (χ3v) is 4.26. The Morgan fingerprint density at radius 1 is 0.941 bits per heavy atom. The Bertz CT molecular complexity index is 378. The fourth-order valence-corrected chi connectivity index (χ4v) is 2.65. The fourth-order valence-electron chi connectivity index (χ4n) is 1.79. The van der Waals surface area contributed by atoms with Gasteiger partial charge in [-0.3, -0.25) is 0 Å². The van der Waals surface area contributed by atoms with Crippen molar-refractivity contribution in [2.75, 3.05) is 0 Å². The predicted molar refractivity (Wildman–Crippen MR) is 71.4 cm³/mol. The number of rotatable bonds is 1. The van der Waals surface area contributed by atoms with Crippen LogP contribution in [0, 0.1) is 0 Å². The molecule has 0 bridgehead atoms. The van der Waals surface area contributed by atoms with E-state index in [4.69, 9.17) is 0 Å². The van der Waals surface area contributed by atoms with Gasteiger partial charge in [-0.05, 0) is 0 Å². The number of phenols is 1. The first-order valence-corrected chi connectivity index (χ1v) is 8.28. The summed E-state index contributed by atoms with van der Waals surface area (Å²) in [5, 5.41) is 10.5. The molecule has 1 N–H and O–H groups in total. The molecule has 0 spiro atoms. The summed E-state index contributed by atoms with van der Waals surface area (Å²) < 4.78 is 0. The monoisotopic (exact) mass is 343 g/mol. The van der Waals surface area contributed by atoms with Crippen LogP contribution in [0.2, 0.25) is 0 Å². The summed E-state index contributed by atoms with van der Waals surface area (Å²) in [4.78, 5) is 1.15. The van der Waals surface area contributed by atoms with Gasteiger partial charge in [0.05, 0.1) is 0 Å². The van der Waals surface area contributed by atoms with Gasteiger partial charge in [0.15, 0.2) is 0 Å². The first-order chi connectivity index (χ1) is 7.57. The molecular formula is C14H21OPdS. The Labute approximate surface area is 119 Å². The quantitative estimate of drug-likeness (QED) is 0.755. The van der Waals surface area contributed by atoms with Crippen LogP contribution < -0.4 is 0 Å². The summed E-state index contributed by atoms with van der Waals surface area (Å²) in [6, 6.07) is 4.14.